The van der Waals surface area contributed by atoms with Crippen molar-refractivity contribution < 1.29 is 17.9 Å². The van der Waals surface area contributed by atoms with Crippen molar-refractivity contribution in [3.05, 3.63) is 28.2 Å². The Hall–Kier alpha value is -1.15. The molecule has 80 valence electrons. The van der Waals surface area contributed by atoms with Crippen LogP contribution in [0, 0.1) is 12.3 Å². The molecule has 0 atom stereocenters. The van der Waals surface area contributed by atoms with Crippen molar-refractivity contribution >= 4 is 15.9 Å². The largest absolute Gasteiger partial charge is 0.483 e. The molecule has 0 saturated heterocycles. The summed E-state index contributed by atoms with van der Waals surface area (Å²) in [6.07, 6.45) is 0.765. The summed E-state index contributed by atoms with van der Waals surface area (Å²) in [5.74, 6) is 2.30. The fourth-order valence-electron chi connectivity index (χ4n) is 0.900. The van der Waals surface area contributed by atoms with Gasteiger partial charge in [-0.2, -0.15) is 13.2 Å². The van der Waals surface area contributed by atoms with Crippen LogP contribution in [0.3, 0.4) is 0 Å². The lowest BCUT2D eigenvalue weighted by Gasteiger charge is -2.10. The first-order chi connectivity index (χ1) is 6.92. The highest BCUT2D eigenvalue weighted by atomic mass is 79.9. The molecule has 0 aromatic heterocycles. The van der Waals surface area contributed by atoms with Gasteiger partial charge in [-0.15, -0.1) is 6.42 Å². The van der Waals surface area contributed by atoms with Gasteiger partial charge in [-0.05, 0) is 18.2 Å². The quantitative estimate of drug-likeness (QED) is 0.754. The maximum atomic E-state index is 11.9. The van der Waals surface area contributed by atoms with Crippen molar-refractivity contribution in [2.45, 2.75) is 6.18 Å². The first-order valence-electron chi connectivity index (χ1n) is 3.88. The minimum atomic E-state index is -4.36. The zero-order chi connectivity index (χ0) is 11.5. The number of terminal acetylenes is 1. The van der Waals surface area contributed by atoms with E-state index in [9.17, 15) is 13.2 Å². The molecule has 0 amide bonds. The van der Waals surface area contributed by atoms with Gasteiger partial charge in [-0.3, -0.25) is 0 Å². The molecule has 15 heavy (non-hydrogen) atoms. The average molecular weight is 279 g/mol. The predicted octanol–water partition coefficient (Wildman–Crippen LogP) is 3.37. The summed E-state index contributed by atoms with van der Waals surface area (Å²) < 4.78 is 40.9. The molecule has 1 nitrogen and oxygen atoms in total. The zero-order valence-electron chi connectivity index (χ0n) is 7.44. The standard InChI is InChI=1S/C10H6BrF3O/c1-2-7-5-8(11)3-4-9(7)15-6-10(12,13)14/h1,3-5H,6H2. The van der Waals surface area contributed by atoms with E-state index >= 15 is 0 Å². The van der Waals surface area contributed by atoms with Crippen molar-refractivity contribution in [3.63, 3.8) is 0 Å². The highest BCUT2D eigenvalue weighted by molar-refractivity contribution is 9.10. The van der Waals surface area contributed by atoms with Gasteiger partial charge in [0, 0.05) is 4.47 Å². The Morgan fingerprint density at radius 2 is 2.07 bits per heavy atom. The van der Waals surface area contributed by atoms with Crippen LogP contribution < -0.4 is 4.74 Å². The molecule has 0 aliphatic rings. The van der Waals surface area contributed by atoms with Crippen LogP contribution in [0.4, 0.5) is 13.2 Å². The van der Waals surface area contributed by atoms with Crippen LogP contribution in [-0.2, 0) is 0 Å². The van der Waals surface area contributed by atoms with Crippen molar-refractivity contribution in [1.29, 1.82) is 0 Å². The smallest absolute Gasteiger partial charge is 0.422 e. The van der Waals surface area contributed by atoms with Crippen molar-refractivity contribution in [2.75, 3.05) is 6.61 Å². The van der Waals surface area contributed by atoms with Crippen LogP contribution in [0.15, 0.2) is 22.7 Å². The van der Waals surface area contributed by atoms with E-state index in [2.05, 4.69) is 26.6 Å². The van der Waals surface area contributed by atoms with E-state index in [4.69, 9.17) is 6.42 Å². The first-order valence-corrected chi connectivity index (χ1v) is 4.67. The molecule has 1 aromatic carbocycles. The Morgan fingerprint density at radius 3 is 2.60 bits per heavy atom. The number of hydrogen-bond acceptors (Lipinski definition) is 1. The summed E-state index contributed by atoms with van der Waals surface area (Å²) in [7, 11) is 0. The third kappa shape index (κ3) is 3.84. The van der Waals surface area contributed by atoms with Gasteiger partial charge in [0.05, 0.1) is 5.56 Å². The molecule has 5 heteroatoms. The molecule has 0 aliphatic heterocycles. The summed E-state index contributed by atoms with van der Waals surface area (Å²) in [6.45, 7) is -1.34. The number of halogens is 4. The Bertz CT molecular complexity index is 393. The van der Waals surface area contributed by atoms with Crippen LogP contribution in [0.5, 0.6) is 5.75 Å². The molecule has 0 radical (unpaired) electrons. The van der Waals surface area contributed by atoms with Crippen LogP contribution >= 0.6 is 15.9 Å². The second-order valence-corrected chi connectivity index (χ2v) is 3.60. The number of alkyl halides is 3. The predicted molar refractivity (Wildman–Crippen MR) is 53.6 cm³/mol. The van der Waals surface area contributed by atoms with Gasteiger partial charge < -0.3 is 4.74 Å². The van der Waals surface area contributed by atoms with Gasteiger partial charge in [0.1, 0.15) is 5.75 Å². The number of hydrogen-bond donors (Lipinski definition) is 0. The van der Waals surface area contributed by atoms with Crippen molar-refractivity contribution in [2.24, 2.45) is 0 Å². The SMILES string of the molecule is C#Cc1cc(Br)ccc1OCC(F)(F)F. The molecule has 0 heterocycles. The van der Waals surface area contributed by atoms with Gasteiger partial charge in [0.15, 0.2) is 6.61 Å². The van der Waals surface area contributed by atoms with Gasteiger partial charge in [-0.1, -0.05) is 21.9 Å². The Morgan fingerprint density at radius 1 is 1.40 bits per heavy atom. The zero-order valence-corrected chi connectivity index (χ0v) is 9.02. The number of benzene rings is 1. The third-order valence-electron chi connectivity index (χ3n) is 1.49. The van der Waals surface area contributed by atoms with Crippen LogP contribution in [0.1, 0.15) is 5.56 Å². The summed E-state index contributed by atoms with van der Waals surface area (Å²) in [6, 6.07) is 4.48. The monoisotopic (exact) mass is 278 g/mol. The minimum absolute atomic E-state index is 0.0537. The average Bonchev–Trinajstić information content (AvgIpc) is 2.14. The third-order valence-corrected chi connectivity index (χ3v) is 1.98. The van der Waals surface area contributed by atoms with E-state index < -0.39 is 12.8 Å². The second kappa shape index (κ2) is 4.58. The summed E-state index contributed by atoms with van der Waals surface area (Å²) in [4.78, 5) is 0. The van der Waals surface area contributed by atoms with Gasteiger partial charge in [0.25, 0.3) is 0 Å². The summed E-state index contributed by atoms with van der Waals surface area (Å²) in [5.41, 5.74) is 0.286. The van der Waals surface area contributed by atoms with Crippen LogP contribution in [-0.4, -0.2) is 12.8 Å². The molecule has 0 fully saturated rings. The molecule has 1 rings (SSSR count). The van der Waals surface area contributed by atoms with E-state index in [0.717, 1.165) is 0 Å². The molecule has 1 aromatic rings. The van der Waals surface area contributed by atoms with Gasteiger partial charge in [0.2, 0.25) is 0 Å². The molecule has 0 saturated carbocycles. The Labute approximate surface area is 93.4 Å². The normalized spacial score (nSPS) is 10.9. The minimum Gasteiger partial charge on any atom is -0.483 e. The number of rotatable bonds is 2. The lowest BCUT2D eigenvalue weighted by molar-refractivity contribution is -0.153. The molecule has 0 aliphatic carbocycles. The number of ether oxygens (including phenoxy) is 1. The molecular formula is C10H6BrF3O. The van der Waals surface area contributed by atoms with Gasteiger partial charge >= 0.3 is 6.18 Å². The topological polar surface area (TPSA) is 9.23 Å². The molecule has 0 unspecified atom stereocenters. The molecular weight excluding hydrogens is 273 g/mol. The van der Waals surface area contributed by atoms with E-state index in [1.54, 1.807) is 6.07 Å². The van der Waals surface area contributed by atoms with Crippen LogP contribution in [0.25, 0.3) is 0 Å². The highest BCUT2D eigenvalue weighted by Crippen LogP contribution is 2.24. The fourth-order valence-corrected chi connectivity index (χ4v) is 1.26. The van der Waals surface area contributed by atoms with Crippen LogP contribution in [0.2, 0.25) is 0 Å². The molecule has 0 bridgehead atoms. The lowest BCUT2D eigenvalue weighted by atomic mass is 10.2. The maximum Gasteiger partial charge on any atom is 0.422 e. The highest BCUT2D eigenvalue weighted by Gasteiger charge is 2.28. The summed E-state index contributed by atoms with van der Waals surface area (Å²) >= 11 is 3.15. The Kier molecular flexibility index (Phi) is 3.64. The molecule has 0 N–H and O–H groups in total. The second-order valence-electron chi connectivity index (χ2n) is 2.69. The van der Waals surface area contributed by atoms with E-state index in [1.807, 2.05) is 0 Å². The maximum absolute atomic E-state index is 11.9. The lowest BCUT2D eigenvalue weighted by Crippen LogP contribution is -2.19. The van der Waals surface area contributed by atoms with Crippen molar-refractivity contribution in [3.8, 4) is 18.1 Å². The van der Waals surface area contributed by atoms with Crippen molar-refractivity contribution in [1.82, 2.24) is 0 Å². The van der Waals surface area contributed by atoms with E-state index in [-0.39, 0.29) is 11.3 Å². The van der Waals surface area contributed by atoms with Gasteiger partial charge in [-0.25, -0.2) is 0 Å². The van der Waals surface area contributed by atoms with E-state index in [0.29, 0.717) is 4.47 Å². The molecule has 0 spiro atoms. The first kappa shape index (κ1) is 11.9. The Balaban J connectivity index is 2.82. The fraction of sp³-hybridized carbons (Fsp3) is 0.200. The summed E-state index contributed by atoms with van der Waals surface area (Å²) in [5, 5.41) is 0. The van der Waals surface area contributed by atoms with E-state index in [1.165, 1.54) is 12.1 Å².